The van der Waals surface area contributed by atoms with Gasteiger partial charge in [-0.15, -0.1) is 0 Å². The summed E-state index contributed by atoms with van der Waals surface area (Å²) in [6.07, 6.45) is 3.70. The fraction of sp³-hybridized carbons (Fsp3) is 0.688. The van der Waals surface area contributed by atoms with Crippen molar-refractivity contribution in [2.45, 2.75) is 59.1 Å². The van der Waals surface area contributed by atoms with Crippen molar-refractivity contribution in [2.75, 3.05) is 13.1 Å². The summed E-state index contributed by atoms with van der Waals surface area (Å²) in [6, 6.07) is 4.30. The van der Waals surface area contributed by atoms with Gasteiger partial charge in [0.05, 0.1) is 6.10 Å². The number of hydrogen-bond acceptors (Lipinski definition) is 3. The van der Waals surface area contributed by atoms with Crippen LogP contribution in [0.5, 0.6) is 0 Å². The van der Waals surface area contributed by atoms with E-state index < -0.39 is 0 Å². The van der Waals surface area contributed by atoms with Crippen LogP contribution in [0.4, 0.5) is 0 Å². The van der Waals surface area contributed by atoms with Crippen molar-refractivity contribution in [1.29, 1.82) is 0 Å². The summed E-state index contributed by atoms with van der Waals surface area (Å²) in [7, 11) is 0. The van der Waals surface area contributed by atoms with Crippen molar-refractivity contribution < 1.29 is 5.11 Å². The Morgan fingerprint density at radius 2 is 1.89 bits per heavy atom. The molecule has 3 nitrogen and oxygen atoms in total. The Kier molecular flexibility index (Phi) is 7.03. The first kappa shape index (κ1) is 16.1. The van der Waals surface area contributed by atoms with E-state index in [-0.39, 0.29) is 6.10 Å². The molecule has 19 heavy (non-hydrogen) atoms. The Morgan fingerprint density at radius 3 is 2.37 bits per heavy atom. The molecule has 2 heterocycles. The third-order valence-electron chi connectivity index (χ3n) is 3.40. The normalized spacial score (nSPS) is 17.2. The molecule has 1 fully saturated rings. The van der Waals surface area contributed by atoms with Crippen molar-refractivity contribution in [3.8, 4) is 0 Å². The number of piperidine rings is 1. The molecule has 1 aliphatic rings. The first-order valence-corrected chi connectivity index (χ1v) is 7.50. The van der Waals surface area contributed by atoms with Crippen LogP contribution in [0.15, 0.2) is 18.3 Å². The first-order chi connectivity index (χ1) is 9.15. The highest BCUT2D eigenvalue weighted by Crippen LogP contribution is 2.15. The minimum atomic E-state index is -0.0901. The smallest absolute Gasteiger partial charge is 0.0564 e. The van der Waals surface area contributed by atoms with E-state index in [1.807, 2.05) is 20.0 Å². The Morgan fingerprint density at radius 1 is 1.26 bits per heavy atom. The van der Waals surface area contributed by atoms with Gasteiger partial charge in [-0.2, -0.15) is 0 Å². The van der Waals surface area contributed by atoms with Gasteiger partial charge >= 0.3 is 0 Å². The molecule has 0 unspecified atom stereocenters. The van der Waals surface area contributed by atoms with Gasteiger partial charge in [-0.25, -0.2) is 0 Å². The van der Waals surface area contributed by atoms with Crippen molar-refractivity contribution in [1.82, 2.24) is 9.88 Å². The fourth-order valence-electron chi connectivity index (χ4n) is 2.21. The maximum absolute atomic E-state index is 9.45. The minimum Gasteiger partial charge on any atom is -0.393 e. The van der Waals surface area contributed by atoms with Gasteiger partial charge < -0.3 is 5.11 Å². The molecule has 108 valence electrons. The van der Waals surface area contributed by atoms with E-state index in [4.69, 9.17) is 0 Å². The Bertz CT molecular complexity index is 340. The number of pyridine rings is 1. The molecule has 1 aromatic heterocycles. The number of rotatable bonds is 3. The minimum absolute atomic E-state index is 0.0901. The molecule has 0 aliphatic carbocycles. The van der Waals surface area contributed by atoms with Crippen LogP contribution in [0.2, 0.25) is 0 Å². The highest BCUT2D eigenvalue weighted by atomic mass is 16.3. The van der Waals surface area contributed by atoms with Crippen LogP contribution in [0.3, 0.4) is 0 Å². The molecule has 0 spiro atoms. The van der Waals surface area contributed by atoms with Crippen LogP contribution < -0.4 is 0 Å². The second-order valence-corrected chi connectivity index (χ2v) is 5.25. The lowest BCUT2D eigenvalue weighted by molar-refractivity contribution is 0.0792. The zero-order valence-electron chi connectivity index (χ0n) is 12.8. The zero-order valence-corrected chi connectivity index (χ0v) is 12.8. The summed E-state index contributed by atoms with van der Waals surface area (Å²) in [5.74, 6) is 0.495. The van der Waals surface area contributed by atoms with Crippen molar-refractivity contribution in [2.24, 2.45) is 0 Å². The average molecular weight is 264 g/mol. The van der Waals surface area contributed by atoms with Crippen LogP contribution in [-0.4, -0.2) is 34.2 Å². The Labute approximate surface area is 117 Å². The summed E-state index contributed by atoms with van der Waals surface area (Å²) in [5, 5.41) is 9.45. The molecule has 2 rings (SSSR count). The third-order valence-corrected chi connectivity index (χ3v) is 3.40. The van der Waals surface area contributed by atoms with Crippen molar-refractivity contribution in [3.63, 3.8) is 0 Å². The molecule has 0 radical (unpaired) electrons. The largest absolute Gasteiger partial charge is 0.393 e. The lowest BCUT2D eigenvalue weighted by Crippen LogP contribution is -2.35. The molecule has 0 bridgehead atoms. The van der Waals surface area contributed by atoms with Crippen LogP contribution in [0.25, 0.3) is 0 Å². The van der Waals surface area contributed by atoms with Crippen molar-refractivity contribution in [3.05, 3.63) is 29.6 Å². The number of aliphatic hydroxyl groups excluding tert-OH is 1. The summed E-state index contributed by atoms with van der Waals surface area (Å²) in [4.78, 5) is 6.87. The predicted octanol–water partition coefficient (Wildman–Crippen LogP) is 3.19. The number of aromatic nitrogens is 1. The van der Waals surface area contributed by atoms with Gasteiger partial charge in [0.15, 0.2) is 0 Å². The molecular weight excluding hydrogens is 236 g/mol. The van der Waals surface area contributed by atoms with E-state index in [9.17, 15) is 5.11 Å². The molecule has 3 heteroatoms. The van der Waals surface area contributed by atoms with Gasteiger partial charge in [0.25, 0.3) is 0 Å². The first-order valence-electron chi connectivity index (χ1n) is 7.50. The van der Waals surface area contributed by atoms with Gasteiger partial charge in [0.2, 0.25) is 0 Å². The number of hydrogen-bond donors (Lipinski definition) is 1. The maximum atomic E-state index is 9.45. The summed E-state index contributed by atoms with van der Waals surface area (Å²) >= 11 is 0. The molecule has 1 aromatic rings. The van der Waals surface area contributed by atoms with E-state index >= 15 is 0 Å². The molecule has 1 aliphatic heterocycles. The number of aliphatic hydroxyl groups is 1. The summed E-state index contributed by atoms with van der Waals surface area (Å²) < 4.78 is 0. The van der Waals surface area contributed by atoms with E-state index in [0.717, 1.165) is 38.2 Å². The third kappa shape index (κ3) is 5.29. The van der Waals surface area contributed by atoms with Gasteiger partial charge in [-0.1, -0.05) is 33.8 Å². The van der Waals surface area contributed by atoms with Gasteiger partial charge in [-0.05, 0) is 30.4 Å². The van der Waals surface area contributed by atoms with Gasteiger partial charge in [0, 0.05) is 31.5 Å². The molecule has 0 amide bonds. The average Bonchev–Trinajstić information content (AvgIpc) is 2.44. The summed E-state index contributed by atoms with van der Waals surface area (Å²) in [6.45, 7) is 11.3. The molecule has 0 saturated carbocycles. The lowest BCUT2D eigenvalue weighted by atomic mass is 10.1. The molecule has 0 aromatic carbocycles. The van der Waals surface area contributed by atoms with Crippen molar-refractivity contribution >= 4 is 0 Å². The standard InChI is InChI=1S/C14H22N2O.C2H6/c1-11(2)14-4-3-12(9-15-14)10-16-7-5-13(17)6-8-16;1-2/h3-4,9,11,13,17H,5-8,10H2,1-2H3;1-2H3. The number of likely N-dealkylation sites (tertiary alicyclic amines) is 1. The van der Waals surface area contributed by atoms with Gasteiger partial charge in [-0.3, -0.25) is 9.88 Å². The fourth-order valence-corrected chi connectivity index (χ4v) is 2.21. The van der Waals surface area contributed by atoms with E-state index in [2.05, 4.69) is 35.9 Å². The van der Waals surface area contributed by atoms with Crippen LogP contribution in [0.1, 0.15) is 57.7 Å². The van der Waals surface area contributed by atoms with Gasteiger partial charge in [0.1, 0.15) is 0 Å². The monoisotopic (exact) mass is 264 g/mol. The SMILES string of the molecule is CC.CC(C)c1ccc(CN2CCC(O)CC2)cn1. The molecule has 1 saturated heterocycles. The Hall–Kier alpha value is -0.930. The quantitative estimate of drug-likeness (QED) is 0.911. The molecule has 0 atom stereocenters. The van der Waals surface area contributed by atoms with E-state index in [0.29, 0.717) is 5.92 Å². The molecular formula is C16H28N2O. The second-order valence-electron chi connectivity index (χ2n) is 5.25. The van der Waals surface area contributed by atoms with E-state index in [1.54, 1.807) is 0 Å². The van der Waals surface area contributed by atoms with Crippen LogP contribution in [0, 0.1) is 0 Å². The topological polar surface area (TPSA) is 36.4 Å². The van der Waals surface area contributed by atoms with E-state index in [1.165, 1.54) is 5.56 Å². The predicted molar refractivity (Wildman–Crippen MR) is 80.2 cm³/mol. The highest BCUT2D eigenvalue weighted by Gasteiger charge is 2.16. The molecule has 1 N–H and O–H groups in total. The lowest BCUT2D eigenvalue weighted by Gasteiger charge is -2.29. The maximum Gasteiger partial charge on any atom is 0.0564 e. The number of nitrogens with zero attached hydrogens (tertiary/aromatic N) is 2. The van der Waals surface area contributed by atoms with Crippen LogP contribution in [-0.2, 0) is 6.54 Å². The van der Waals surface area contributed by atoms with Crippen LogP contribution >= 0.6 is 0 Å². The zero-order chi connectivity index (χ0) is 14.3. The Balaban J connectivity index is 0.000000861. The second kappa shape index (κ2) is 8.28. The highest BCUT2D eigenvalue weighted by molar-refractivity contribution is 5.16. The summed E-state index contributed by atoms with van der Waals surface area (Å²) in [5.41, 5.74) is 2.42.